The predicted octanol–water partition coefficient (Wildman–Crippen LogP) is 2.33. The number of carbonyl (C=O) groups excluding carboxylic acids is 1. The van der Waals surface area contributed by atoms with Gasteiger partial charge in [0.05, 0.1) is 16.8 Å². The molecule has 0 aliphatic rings. The Hall–Kier alpha value is -1.17. The Balaban J connectivity index is 0.00000180. The first-order valence-electron chi connectivity index (χ1n) is 6.05. The van der Waals surface area contributed by atoms with Crippen LogP contribution in [-0.2, 0) is 11.3 Å². The summed E-state index contributed by atoms with van der Waals surface area (Å²) >= 11 is 1.63. The standard InChI is InChI=1S/C13H17N3OS.ClH/c1-14-8-4-7-12(17)15-9-13-16-10-5-2-3-6-11(10)18-13;/h2-3,5-6,14H,4,7-9H2,1H3,(H,15,17);1H. The molecule has 0 unspecified atom stereocenters. The minimum Gasteiger partial charge on any atom is -0.350 e. The number of amides is 1. The van der Waals surface area contributed by atoms with Crippen LogP contribution < -0.4 is 10.6 Å². The molecule has 1 aromatic carbocycles. The fourth-order valence-corrected chi connectivity index (χ4v) is 2.59. The third kappa shape index (κ3) is 4.78. The topological polar surface area (TPSA) is 54.0 Å². The lowest BCUT2D eigenvalue weighted by Gasteiger charge is -2.02. The number of nitrogens with zero attached hydrogens (tertiary/aromatic N) is 1. The largest absolute Gasteiger partial charge is 0.350 e. The van der Waals surface area contributed by atoms with Gasteiger partial charge in [0, 0.05) is 6.42 Å². The fourth-order valence-electron chi connectivity index (χ4n) is 1.68. The normalized spacial score (nSPS) is 10.2. The molecule has 0 aliphatic carbocycles. The maximum Gasteiger partial charge on any atom is 0.220 e. The van der Waals surface area contributed by atoms with Crippen LogP contribution in [-0.4, -0.2) is 24.5 Å². The minimum atomic E-state index is 0. The first kappa shape index (κ1) is 15.9. The Labute approximate surface area is 123 Å². The highest BCUT2D eigenvalue weighted by Gasteiger charge is 2.05. The van der Waals surface area contributed by atoms with Gasteiger partial charge in [-0.2, -0.15) is 0 Å². The van der Waals surface area contributed by atoms with E-state index in [0.29, 0.717) is 13.0 Å². The Morgan fingerprint density at radius 2 is 2.16 bits per heavy atom. The number of hydrogen-bond acceptors (Lipinski definition) is 4. The second-order valence-electron chi connectivity index (χ2n) is 4.06. The van der Waals surface area contributed by atoms with E-state index >= 15 is 0 Å². The second kappa shape index (κ2) is 8.09. The van der Waals surface area contributed by atoms with Crippen molar-refractivity contribution in [2.24, 2.45) is 0 Å². The highest BCUT2D eigenvalue weighted by molar-refractivity contribution is 7.18. The Morgan fingerprint density at radius 1 is 1.37 bits per heavy atom. The lowest BCUT2D eigenvalue weighted by Crippen LogP contribution is -2.23. The molecule has 19 heavy (non-hydrogen) atoms. The van der Waals surface area contributed by atoms with Gasteiger partial charge < -0.3 is 10.6 Å². The Bertz CT molecular complexity index is 496. The molecule has 0 fully saturated rings. The number of para-hydroxylation sites is 1. The van der Waals surface area contributed by atoms with Crippen molar-refractivity contribution in [2.75, 3.05) is 13.6 Å². The molecule has 0 spiro atoms. The average Bonchev–Trinajstić information content (AvgIpc) is 2.79. The quantitative estimate of drug-likeness (QED) is 0.805. The van der Waals surface area contributed by atoms with Gasteiger partial charge in [0.2, 0.25) is 5.91 Å². The highest BCUT2D eigenvalue weighted by Crippen LogP contribution is 2.21. The van der Waals surface area contributed by atoms with E-state index in [1.165, 1.54) is 0 Å². The van der Waals surface area contributed by atoms with Crippen LogP contribution in [0, 0.1) is 0 Å². The number of nitrogens with one attached hydrogen (secondary N) is 2. The molecule has 2 aromatic rings. The zero-order valence-corrected chi connectivity index (χ0v) is 12.4. The summed E-state index contributed by atoms with van der Waals surface area (Å²) in [6.07, 6.45) is 1.42. The lowest BCUT2D eigenvalue weighted by molar-refractivity contribution is -0.121. The number of fused-ring (bicyclic) bond motifs is 1. The van der Waals surface area contributed by atoms with Crippen molar-refractivity contribution in [2.45, 2.75) is 19.4 Å². The second-order valence-corrected chi connectivity index (χ2v) is 5.17. The molecule has 0 radical (unpaired) electrons. The van der Waals surface area contributed by atoms with Crippen molar-refractivity contribution < 1.29 is 4.79 Å². The molecule has 2 N–H and O–H groups in total. The number of hydrogen-bond donors (Lipinski definition) is 2. The summed E-state index contributed by atoms with van der Waals surface area (Å²) in [4.78, 5) is 16.0. The van der Waals surface area contributed by atoms with Crippen LogP contribution in [0.3, 0.4) is 0 Å². The van der Waals surface area contributed by atoms with E-state index in [4.69, 9.17) is 0 Å². The molecule has 1 amide bonds. The molecule has 1 heterocycles. The van der Waals surface area contributed by atoms with Crippen LogP contribution in [0.2, 0.25) is 0 Å². The van der Waals surface area contributed by atoms with E-state index < -0.39 is 0 Å². The van der Waals surface area contributed by atoms with Gasteiger partial charge in [-0.15, -0.1) is 23.7 Å². The first-order valence-corrected chi connectivity index (χ1v) is 6.87. The summed E-state index contributed by atoms with van der Waals surface area (Å²) in [6, 6.07) is 8.01. The van der Waals surface area contributed by atoms with Crippen LogP contribution in [0.25, 0.3) is 10.2 Å². The molecule has 0 saturated carbocycles. The lowest BCUT2D eigenvalue weighted by atomic mass is 10.3. The number of halogens is 1. The maximum absolute atomic E-state index is 11.5. The van der Waals surface area contributed by atoms with Crippen molar-refractivity contribution in [3.8, 4) is 0 Å². The van der Waals surface area contributed by atoms with Gasteiger partial charge in [0.15, 0.2) is 0 Å². The summed E-state index contributed by atoms with van der Waals surface area (Å²) in [5.41, 5.74) is 1.00. The molecule has 104 valence electrons. The number of rotatable bonds is 6. The first-order chi connectivity index (χ1) is 8.79. The number of thiazole rings is 1. The summed E-state index contributed by atoms with van der Waals surface area (Å²) in [5, 5.41) is 6.88. The van der Waals surface area contributed by atoms with Gasteiger partial charge in [-0.1, -0.05) is 12.1 Å². The van der Waals surface area contributed by atoms with Crippen molar-refractivity contribution in [3.63, 3.8) is 0 Å². The molecule has 4 nitrogen and oxygen atoms in total. The van der Waals surface area contributed by atoms with E-state index in [9.17, 15) is 4.79 Å². The molecule has 0 aliphatic heterocycles. The third-order valence-corrected chi connectivity index (χ3v) is 3.64. The monoisotopic (exact) mass is 299 g/mol. The SMILES string of the molecule is CNCCCC(=O)NCc1nc2ccccc2s1.Cl. The van der Waals surface area contributed by atoms with Crippen LogP contribution >= 0.6 is 23.7 Å². The van der Waals surface area contributed by atoms with E-state index in [2.05, 4.69) is 15.6 Å². The van der Waals surface area contributed by atoms with Crippen LogP contribution in [0.4, 0.5) is 0 Å². The predicted molar refractivity (Wildman–Crippen MR) is 81.9 cm³/mol. The van der Waals surface area contributed by atoms with Crippen LogP contribution in [0.1, 0.15) is 17.8 Å². The molecule has 6 heteroatoms. The summed E-state index contributed by atoms with van der Waals surface area (Å²) in [5.74, 6) is 0.0875. The number of benzene rings is 1. The maximum atomic E-state index is 11.5. The Morgan fingerprint density at radius 3 is 2.89 bits per heavy atom. The highest BCUT2D eigenvalue weighted by atomic mass is 35.5. The van der Waals surface area contributed by atoms with Gasteiger partial charge in [-0.05, 0) is 32.1 Å². The van der Waals surface area contributed by atoms with Gasteiger partial charge in [-0.25, -0.2) is 4.98 Å². The molecule has 2 rings (SSSR count). The van der Waals surface area contributed by atoms with Crippen LogP contribution in [0.15, 0.2) is 24.3 Å². The minimum absolute atomic E-state index is 0. The smallest absolute Gasteiger partial charge is 0.220 e. The number of carbonyl (C=O) groups is 1. The summed E-state index contributed by atoms with van der Waals surface area (Å²) < 4.78 is 1.16. The Kier molecular flexibility index (Phi) is 6.77. The van der Waals surface area contributed by atoms with Gasteiger partial charge in [0.1, 0.15) is 5.01 Å². The van der Waals surface area contributed by atoms with Crippen LogP contribution in [0.5, 0.6) is 0 Å². The molecule has 0 atom stereocenters. The fraction of sp³-hybridized carbons (Fsp3) is 0.385. The van der Waals surface area contributed by atoms with E-state index in [-0.39, 0.29) is 18.3 Å². The average molecular weight is 300 g/mol. The zero-order chi connectivity index (χ0) is 12.8. The van der Waals surface area contributed by atoms with Crippen molar-refractivity contribution in [3.05, 3.63) is 29.3 Å². The molecule has 1 aromatic heterocycles. The molecular formula is C13H18ClN3OS. The molecular weight excluding hydrogens is 282 g/mol. The van der Waals surface area contributed by atoms with E-state index in [1.54, 1.807) is 11.3 Å². The zero-order valence-electron chi connectivity index (χ0n) is 10.8. The van der Waals surface area contributed by atoms with Gasteiger partial charge in [0.25, 0.3) is 0 Å². The van der Waals surface area contributed by atoms with Crippen molar-refractivity contribution in [1.82, 2.24) is 15.6 Å². The summed E-state index contributed by atoms with van der Waals surface area (Å²) in [7, 11) is 1.89. The van der Waals surface area contributed by atoms with Gasteiger partial charge in [-0.3, -0.25) is 4.79 Å². The van der Waals surface area contributed by atoms with Gasteiger partial charge >= 0.3 is 0 Å². The summed E-state index contributed by atoms with van der Waals surface area (Å²) in [6.45, 7) is 1.40. The van der Waals surface area contributed by atoms with E-state index in [1.807, 2.05) is 31.3 Å². The van der Waals surface area contributed by atoms with Crippen molar-refractivity contribution in [1.29, 1.82) is 0 Å². The number of aromatic nitrogens is 1. The van der Waals surface area contributed by atoms with E-state index in [0.717, 1.165) is 28.2 Å². The molecule has 0 saturated heterocycles. The molecule has 0 bridgehead atoms. The third-order valence-electron chi connectivity index (χ3n) is 2.61. The van der Waals surface area contributed by atoms with Crippen molar-refractivity contribution >= 4 is 39.9 Å².